The molecular weight excluding hydrogens is 190 g/mol. The lowest BCUT2D eigenvalue weighted by molar-refractivity contribution is 0.102. The summed E-state index contributed by atoms with van der Waals surface area (Å²) in [6, 6.07) is 3.70. The zero-order valence-electron chi connectivity index (χ0n) is 6.53. The fourth-order valence-corrected chi connectivity index (χ4v) is 2.16. The molecule has 0 fully saturated rings. The minimum Gasteiger partial charge on any atom is -0.294 e. The van der Waals surface area contributed by atoms with E-state index in [0.717, 1.165) is 9.75 Å². The van der Waals surface area contributed by atoms with E-state index in [1.54, 1.807) is 13.0 Å². The zero-order chi connectivity index (χ0) is 8.97. The monoisotopic (exact) mass is 197 g/mol. The van der Waals surface area contributed by atoms with Crippen LogP contribution in [0.5, 0.6) is 0 Å². The Kier molecular flexibility index (Phi) is 3.32. The lowest BCUT2D eigenvalue weighted by Crippen LogP contribution is -1.83. The number of ketones is 1. The predicted octanol–water partition coefficient (Wildman–Crippen LogP) is 2.66. The third-order valence-electron chi connectivity index (χ3n) is 1.29. The molecule has 0 aliphatic rings. The van der Waals surface area contributed by atoms with Crippen LogP contribution in [0.4, 0.5) is 0 Å². The SMILES string of the molecule is CC(=O)c1ccc(CSC#N)s1. The number of rotatable bonds is 3. The highest BCUT2D eigenvalue weighted by Crippen LogP contribution is 2.21. The fraction of sp³-hybridized carbons (Fsp3) is 0.250. The average molecular weight is 197 g/mol. The highest BCUT2D eigenvalue weighted by molar-refractivity contribution is 8.03. The van der Waals surface area contributed by atoms with Crippen LogP contribution in [0.2, 0.25) is 0 Å². The number of nitriles is 1. The van der Waals surface area contributed by atoms with E-state index in [2.05, 4.69) is 0 Å². The van der Waals surface area contributed by atoms with Crippen molar-refractivity contribution in [1.82, 2.24) is 0 Å². The highest BCUT2D eigenvalue weighted by Gasteiger charge is 2.03. The van der Waals surface area contributed by atoms with E-state index in [0.29, 0.717) is 5.75 Å². The van der Waals surface area contributed by atoms with Crippen molar-refractivity contribution < 1.29 is 4.79 Å². The largest absolute Gasteiger partial charge is 0.294 e. The summed E-state index contributed by atoms with van der Waals surface area (Å²) in [5, 5.41) is 10.3. The van der Waals surface area contributed by atoms with Crippen LogP contribution in [-0.4, -0.2) is 5.78 Å². The topological polar surface area (TPSA) is 40.9 Å². The summed E-state index contributed by atoms with van der Waals surface area (Å²) in [4.78, 5) is 12.7. The van der Waals surface area contributed by atoms with E-state index in [4.69, 9.17) is 5.26 Å². The maximum atomic E-state index is 10.9. The molecule has 0 N–H and O–H groups in total. The Bertz CT molecular complexity index is 324. The van der Waals surface area contributed by atoms with Crippen molar-refractivity contribution in [3.8, 4) is 5.40 Å². The molecular formula is C8H7NOS2. The van der Waals surface area contributed by atoms with E-state index in [9.17, 15) is 4.79 Å². The van der Waals surface area contributed by atoms with Gasteiger partial charge in [0.1, 0.15) is 5.40 Å². The summed E-state index contributed by atoms with van der Waals surface area (Å²) >= 11 is 2.65. The molecule has 0 atom stereocenters. The molecule has 0 aromatic carbocycles. The Morgan fingerprint density at radius 2 is 2.50 bits per heavy atom. The molecule has 0 spiro atoms. The summed E-state index contributed by atoms with van der Waals surface area (Å²) < 4.78 is 0. The van der Waals surface area contributed by atoms with Gasteiger partial charge in [0, 0.05) is 10.6 Å². The molecule has 1 aromatic rings. The van der Waals surface area contributed by atoms with Crippen molar-refractivity contribution in [2.24, 2.45) is 0 Å². The smallest absolute Gasteiger partial charge is 0.169 e. The van der Waals surface area contributed by atoms with Gasteiger partial charge in [0.25, 0.3) is 0 Å². The first-order valence-corrected chi connectivity index (χ1v) is 5.15. The average Bonchev–Trinajstić information content (AvgIpc) is 2.48. The zero-order valence-corrected chi connectivity index (χ0v) is 8.17. The second-order valence-corrected chi connectivity index (χ2v) is 4.13. The number of nitrogens with zero attached hydrogens (tertiary/aromatic N) is 1. The molecule has 2 nitrogen and oxygen atoms in total. The van der Waals surface area contributed by atoms with Crippen LogP contribution in [0, 0.1) is 10.7 Å². The molecule has 12 heavy (non-hydrogen) atoms. The summed E-state index contributed by atoms with van der Waals surface area (Å²) in [6.07, 6.45) is 0. The molecule has 1 rings (SSSR count). The van der Waals surface area contributed by atoms with Gasteiger partial charge in [0.15, 0.2) is 5.78 Å². The van der Waals surface area contributed by atoms with Crippen LogP contribution in [0.3, 0.4) is 0 Å². The summed E-state index contributed by atoms with van der Waals surface area (Å²) in [7, 11) is 0. The van der Waals surface area contributed by atoms with E-state index >= 15 is 0 Å². The Balaban J connectivity index is 2.66. The molecule has 0 amide bonds. The van der Waals surface area contributed by atoms with Gasteiger partial charge in [-0.15, -0.1) is 11.3 Å². The Morgan fingerprint density at radius 1 is 1.75 bits per heavy atom. The van der Waals surface area contributed by atoms with Crippen molar-refractivity contribution in [3.63, 3.8) is 0 Å². The van der Waals surface area contributed by atoms with Crippen molar-refractivity contribution in [2.45, 2.75) is 12.7 Å². The highest BCUT2D eigenvalue weighted by atomic mass is 32.2. The number of thiocyanates is 1. The lowest BCUT2D eigenvalue weighted by atomic mass is 10.3. The van der Waals surface area contributed by atoms with E-state index in [-0.39, 0.29) is 5.78 Å². The van der Waals surface area contributed by atoms with Gasteiger partial charge in [-0.25, -0.2) is 0 Å². The first kappa shape index (κ1) is 9.30. The molecule has 0 unspecified atom stereocenters. The van der Waals surface area contributed by atoms with Crippen LogP contribution in [0.15, 0.2) is 12.1 Å². The van der Waals surface area contributed by atoms with Gasteiger partial charge in [0.05, 0.1) is 4.88 Å². The number of hydrogen-bond acceptors (Lipinski definition) is 4. The van der Waals surface area contributed by atoms with Crippen molar-refractivity contribution in [1.29, 1.82) is 5.26 Å². The van der Waals surface area contributed by atoms with Gasteiger partial charge < -0.3 is 0 Å². The number of Topliss-reactive ketones (excluding diaryl/α,β-unsaturated/α-hetero) is 1. The van der Waals surface area contributed by atoms with Gasteiger partial charge in [-0.3, -0.25) is 4.79 Å². The summed E-state index contributed by atoms with van der Waals surface area (Å²) in [6.45, 7) is 1.55. The normalized spacial score (nSPS) is 9.33. The van der Waals surface area contributed by atoms with Crippen molar-refractivity contribution >= 4 is 28.9 Å². The van der Waals surface area contributed by atoms with Gasteiger partial charge in [-0.1, -0.05) is 0 Å². The minimum absolute atomic E-state index is 0.0909. The third kappa shape index (κ3) is 2.36. The number of thioether (sulfide) groups is 1. The second kappa shape index (κ2) is 4.29. The third-order valence-corrected chi connectivity index (χ3v) is 3.24. The quantitative estimate of drug-likeness (QED) is 0.552. The predicted molar refractivity (Wildman–Crippen MR) is 51.2 cm³/mol. The molecule has 0 saturated heterocycles. The standard InChI is InChI=1S/C8H7NOS2/c1-6(10)8-3-2-7(12-8)4-11-5-9/h2-3H,4H2,1H3. The van der Waals surface area contributed by atoms with E-state index in [1.807, 2.05) is 11.5 Å². The maximum Gasteiger partial charge on any atom is 0.169 e. The molecule has 0 aliphatic heterocycles. The van der Waals surface area contributed by atoms with Gasteiger partial charge >= 0.3 is 0 Å². The molecule has 1 aromatic heterocycles. The molecule has 0 aliphatic carbocycles. The number of thiophene rings is 1. The van der Waals surface area contributed by atoms with Gasteiger partial charge in [-0.05, 0) is 30.8 Å². The molecule has 0 bridgehead atoms. The molecule has 4 heteroatoms. The molecule has 62 valence electrons. The van der Waals surface area contributed by atoms with Crippen LogP contribution in [-0.2, 0) is 5.75 Å². The van der Waals surface area contributed by atoms with Crippen LogP contribution in [0.1, 0.15) is 21.5 Å². The first-order valence-electron chi connectivity index (χ1n) is 3.34. The number of carbonyl (C=O) groups is 1. The van der Waals surface area contributed by atoms with Crippen molar-refractivity contribution in [3.05, 3.63) is 21.9 Å². The Hall–Kier alpha value is -0.790. The van der Waals surface area contributed by atoms with E-state index < -0.39 is 0 Å². The fourth-order valence-electron chi connectivity index (χ4n) is 0.748. The Morgan fingerprint density at radius 3 is 3.00 bits per heavy atom. The number of hydrogen-bond donors (Lipinski definition) is 0. The number of carbonyl (C=O) groups excluding carboxylic acids is 1. The molecule has 1 heterocycles. The minimum atomic E-state index is 0.0909. The summed E-state index contributed by atoms with van der Waals surface area (Å²) in [5.41, 5.74) is 0. The summed E-state index contributed by atoms with van der Waals surface area (Å²) in [5.74, 6) is 0.766. The Labute approximate surface area is 79.2 Å². The van der Waals surface area contributed by atoms with Crippen molar-refractivity contribution in [2.75, 3.05) is 0 Å². The van der Waals surface area contributed by atoms with Gasteiger partial charge in [0.2, 0.25) is 0 Å². The van der Waals surface area contributed by atoms with Crippen LogP contribution >= 0.6 is 23.1 Å². The second-order valence-electron chi connectivity index (χ2n) is 2.20. The van der Waals surface area contributed by atoms with Crippen LogP contribution < -0.4 is 0 Å². The first-order chi connectivity index (χ1) is 5.74. The molecule has 0 saturated carbocycles. The van der Waals surface area contributed by atoms with Crippen LogP contribution in [0.25, 0.3) is 0 Å². The molecule has 0 radical (unpaired) electrons. The van der Waals surface area contributed by atoms with E-state index in [1.165, 1.54) is 23.1 Å². The maximum absolute atomic E-state index is 10.9. The lowest BCUT2D eigenvalue weighted by Gasteiger charge is -1.86. The van der Waals surface area contributed by atoms with Gasteiger partial charge in [-0.2, -0.15) is 5.26 Å².